The third kappa shape index (κ3) is 4.86. The van der Waals surface area contributed by atoms with Gasteiger partial charge in [-0.15, -0.1) is 0 Å². The van der Waals surface area contributed by atoms with E-state index >= 15 is 0 Å². The summed E-state index contributed by atoms with van der Waals surface area (Å²) in [6, 6.07) is 4.81. The van der Waals surface area contributed by atoms with Crippen LogP contribution in [0.5, 0.6) is 0 Å². The molecule has 0 unspecified atom stereocenters. The van der Waals surface area contributed by atoms with Crippen molar-refractivity contribution >= 4 is 23.4 Å². The normalized spacial score (nSPS) is 17.5. The van der Waals surface area contributed by atoms with Crippen LogP contribution in [0, 0.1) is 19.7 Å². The highest BCUT2D eigenvalue weighted by Gasteiger charge is 2.47. The zero-order valence-electron chi connectivity index (χ0n) is 20.8. The molecule has 1 aliphatic rings. The molecule has 0 aliphatic carbocycles. The summed E-state index contributed by atoms with van der Waals surface area (Å²) in [6.07, 6.45) is 0.578. The number of halogens is 1. The maximum Gasteiger partial charge on any atom is 0.354 e. The standard InChI is InChI=1S/C26H32FN3O5/c1-6-29(7-2)13-10-14-30-22(17-11-8-9-12-18(17)27)20(24(32)25(30)33)23(31)19-15(3)21(26(34)35-5)28-16(19)4/h8-9,11-12,22,28,31H,6-7,10,13-14H2,1-5H3/t22-/m0/s1. The molecular weight excluding hydrogens is 453 g/mol. The van der Waals surface area contributed by atoms with E-state index in [1.54, 1.807) is 19.9 Å². The molecule has 2 aromatic rings. The summed E-state index contributed by atoms with van der Waals surface area (Å²) in [4.78, 5) is 44.8. The number of aliphatic hydroxyl groups is 1. The number of carbonyl (C=O) groups is 3. The summed E-state index contributed by atoms with van der Waals surface area (Å²) in [7, 11) is 1.24. The number of esters is 1. The van der Waals surface area contributed by atoms with Crippen molar-refractivity contribution in [1.82, 2.24) is 14.8 Å². The topological polar surface area (TPSA) is 103 Å². The van der Waals surface area contributed by atoms with Crippen molar-refractivity contribution in [3.05, 3.63) is 63.7 Å². The summed E-state index contributed by atoms with van der Waals surface area (Å²) in [5, 5.41) is 11.3. The highest BCUT2D eigenvalue weighted by molar-refractivity contribution is 6.46. The second-order valence-electron chi connectivity index (χ2n) is 8.51. The largest absolute Gasteiger partial charge is 0.507 e. The van der Waals surface area contributed by atoms with Gasteiger partial charge in [-0.05, 0) is 51.5 Å². The number of ether oxygens (including phenoxy) is 1. The van der Waals surface area contributed by atoms with Crippen molar-refractivity contribution in [2.24, 2.45) is 0 Å². The number of rotatable bonds is 9. The van der Waals surface area contributed by atoms with E-state index in [0.717, 1.165) is 13.1 Å². The Morgan fingerprint density at radius 3 is 2.46 bits per heavy atom. The maximum absolute atomic E-state index is 15.0. The number of methoxy groups -OCH3 is 1. The van der Waals surface area contributed by atoms with Crippen LogP contribution in [0.15, 0.2) is 29.8 Å². The molecule has 8 nitrogen and oxygen atoms in total. The number of hydrogen-bond acceptors (Lipinski definition) is 6. The first-order valence-electron chi connectivity index (χ1n) is 11.7. The van der Waals surface area contributed by atoms with Crippen molar-refractivity contribution in [2.75, 3.05) is 33.3 Å². The van der Waals surface area contributed by atoms with Gasteiger partial charge in [0.1, 0.15) is 17.3 Å². The lowest BCUT2D eigenvalue weighted by atomic mass is 9.93. The quantitative estimate of drug-likeness (QED) is 0.243. The fourth-order valence-electron chi connectivity index (χ4n) is 4.68. The molecule has 1 aromatic heterocycles. The molecule has 0 radical (unpaired) electrons. The maximum atomic E-state index is 15.0. The van der Waals surface area contributed by atoms with E-state index in [-0.39, 0.29) is 28.9 Å². The Bertz CT molecular complexity index is 1170. The van der Waals surface area contributed by atoms with E-state index in [1.165, 1.54) is 30.2 Å². The van der Waals surface area contributed by atoms with E-state index in [1.807, 2.05) is 13.8 Å². The number of aromatic nitrogens is 1. The van der Waals surface area contributed by atoms with Crippen molar-refractivity contribution in [1.29, 1.82) is 0 Å². The Morgan fingerprint density at radius 1 is 1.20 bits per heavy atom. The predicted molar refractivity (Wildman–Crippen MR) is 129 cm³/mol. The molecule has 35 heavy (non-hydrogen) atoms. The Hall–Kier alpha value is -3.46. The van der Waals surface area contributed by atoms with E-state index < -0.39 is 35.3 Å². The molecule has 1 amide bonds. The minimum atomic E-state index is -1.09. The minimum absolute atomic E-state index is 0.120. The van der Waals surface area contributed by atoms with Crippen molar-refractivity contribution in [3.63, 3.8) is 0 Å². The Balaban J connectivity index is 2.14. The SMILES string of the molecule is CCN(CC)CCCN1C(=O)C(=O)C(=C(O)c2c(C)[nH]c(C(=O)OC)c2C)[C@@H]1c1ccccc1F. The van der Waals surface area contributed by atoms with Crippen molar-refractivity contribution in [3.8, 4) is 0 Å². The third-order valence-corrected chi connectivity index (χ3v) is 6.57. The van der Waals surface area contributed by atoms with Crippen LogP contribution in [-0.4, -0.2) is 70.8 Å². The number of H-pyrrole nitrogens is 1. The highest BCUT2D eigenvalue weighted by Crippen LogP contribution is 2.41. The number of carbonyl (C=O) groups excluding carboxylic acids is 3. The summed E-state index contributed by atoms with van der Waals surface area (Å²) >= 11 is 0. The monoisotopic (exact) mass is 485 g/mol. The van der Waals surface area contributed by atoms with Crippen LogP contribution < -0.4 is 0 Å². The highest BCUT2D eigenvalue weighted by atomic mass is 19.1. The Labute approximate surface area is 204 Å². The van der Waals surface area contributed by atoms with Gasteiger partial charge < -0.3 is 24.6 Å². The van der Waals surface area contributed by atoms with E-state index in [9.17, 15) is 23.9 Å². The molecule has 9 heteroatoms. The van der Waals surface area contributed by atoms with E-state index in [4.69, 9.17) is 4.74 Å². The van der Waals surface area contributed by atoms with Crippen molar-refractivity contribution in [2.45, 2.75) is 40.2 Å². The summed E-state index contributed by atoms with van der Waals surface area (Å²) in [5.41, 5.74) is 1.04. The average Bonchev–Trinajstić information content (AvgIpc) is 3.28. The molecule has 1 saturated heterocycles. The second-order valence-corrected chi connectivity index (χ2v) is 8.51. The van der Waals surface area contributed by atoms with Gasteiger partial charge >= 0.3 is 5.97 Å². The van der Waals surface area contributed by atoms with E-state index in [0.29, 0.717) is 24.2 Å². The zero-order chi connectivity index (χ0) is 25.9. The first-order chi connectivity index (χ1) is 16.7. The van der Waals surface area contributed by atoms with Gasteiger partial charge in [-0.3, -0.25) is 9.59 Å². The molecule has 0 bridgehead atoms. The van der Waals surface area contributed by atoms with Gasteiger partial charge in [-0.2, -0.15) is 0 Å². The van der Waals surface area contributed by atoms with Gasteiger partial charge in [0.05, 0.1) is 18.7 Å². The molecule has 3 rings (SSSR count). The molecule has 2 heterocycles. The number of ketones is 1. The van der Waals surface area contributed by atoms with Gasteiger partial charge in [-0.1, -0.05) is 32.0 Å². The number of Topliss-reactive ketones (excluding diaryl/α,β-unsaturated/α-hetero) is 1. The Kier molecular flexibility index (Phi) is 8.11. The fourth-order valence-corrected chi connectivity index (χ4v) is 4.68. The summed E-state index contributed by atoms with van der Waals surface area (Å²) in [6.45, 7) is 9.93. The van der Waals surface area contributed by atoms with Gasteiger partial charge in [-0.25, -0.2) is 9.18 Å². The summed E-state index contributed by atoms with van der Waals surface area (Å²) in [5.74, 6) is -3.36. The van der Waals surface area contributed by atoms with Crippen LogP contribution in [0.25, 0.3) is 5.76 Å². The second kappa shape index (κ2) is 10.9. The van der Waals surface area contributed by atoms with Gasteiger partial charge in [0.25, 0.3) is 11.7 Å². The van der Waals surface area contributed by atoms with Crippen LogP contribution in [0.2, 0.25) is 0 Å². The molecule has 1 atom stereocenters. The molecule has 1 aliphatic heterocycles. The van der Waals surface area contributed by atoms with Crippen LogP contribution in [0.1, 0.15) is 59.2 Å². The lowest BCUT2D eigenvalue weighted by Gasteiger charge is -2.27. The number of aromatic amines is 1. The smallest absolute Gasteiger partial charge is 0.354 e. The molecule has 1 fully saturated rings. The van der Waals surface area contributed by atoms with Crippen molar-refractivity contribution < 1.29 is 28.6 Å². The van der Waals surface area contributed by atoms with Crippen LogP contribution in [-0.2, 0) is 14.3 Å². The molecular formula is C26H32FN3O5. The number of aliphatic hydroxyl groups excluding tert-OH is 1. The number of aryl methyl sites for hydroxylation is 1. The molecule has 0 spiro atoms. The van der Waals surface area contributed by atoms with Crippen LogP contribution >= 0.6 is 0 Å². The van der Waals surface area contributed by atoms with Gasteiger partial charge in [0, 0.05) is 23.4 Å². The minimum Gasteiger partial charge on any atom is -0.507 e. The van der Waals surface area contributed by atoms with Crippen LogP contribution in [0.3, 0.4) is 0 Å². The number of nitrogens with zero attached hydrogens (tertiary/aromatic N) is 2. The number of hydrogen-bond donors (Lipinski definition) is 2. The predicted octanol–water partition coefficient (Wildman–Crippen LogP) is 3.71. The number of benzene rings is 1. The molecule has 2 N–H and O–H groups in total. The van der Waals surface area contributed by atoms with Gasteiger partial charge in [0.2, 0.25) is 0 Å². The molecule has 1 aromatic carbocycles. The average molecular weight is 486 g/mol. The Morgan fingerprint density at radius 2 is 1.86 bits per heavy atom. The summed E-state index contributed by atoms with van der Waals surface area (Å²) < 4.78 is 19.7. The molecule has 0 saturated carbocycles. The van der Waals surface area contributed by atoms with Gasteiger partial charge in [0.15, 0.2) is 0 Å². The zero-order valence-corrected chi connectivity index (χ0v) is 20.8. The first-order valence-corrected chi connectivity index (χ1v) is 11.7. The fraction of sp³-hybridized carbons (Fsp3) is 0.423. The number of amides is 1. The first kappa shape index (κ1) is 26.2. The number of nitrogens with one attached hydrogen (secondary N) is 1. The lowest BCUT2D eigenvalue weighted by Crippen LogP contribution is -2.33. The van der Waals surface area contributed by atoms with Crippen LogP contribution in [0.4, 0.5) is 4.39 Å². The number of likely N-dealkylation sites (tertiary alicyclic amines) is 1. The molecule has 188 valence electrons. The lowest BCUT2D eigenvalue weighted by molar-refractivity contribution is -0.140. The third-order valence-electron chi connectivity index (χ3n) is 6.57. The van der Waals surface area contributed by atoms with E-state index in [2.05, 4.69) is 9.88 Å².